The van der Waals surface area contributed by atoms with E-state index in [0.717, 1.165) is 37.0 Å². The molecular weight excluding hydrogens is 330 g/mol. The summed E-state index contributed by atoms with van der Waals surface area (Å²) in [5, 5.41) is 5.38. The lowest BCUT2D eigenvalue weighted by atomic mass is 9.96. The Morgan fingerprint density at radius 1 is 1.19 bits per heavy atom. The topological polar surface area (TPSA) is 70.7 Å². The van der Waals surface area contributed by atoms with Crippen molar-refractivity contribution in [2.24, 2.45) is 0 Å². The highest BCUT2D eigenvalue weighted by molar-refractivity contribution is 5.96. The van der Waals surface area contributed by atoms with Crippen molar-refractivity contribution in [2.45, 2.75) is 64.6 Å². The summed E-state index contributed by atoms with van der Waals surface area (Å²) in [5.41, 5.74) is 1.09. The second-order valence-electron chi connectivity index (χ2n) is 6.97. The third-order valence-electron chi connectivity index (χ3n) is 4.88. The average Bonchev–Trinajstić information content (AvgIpc) is 2.63. The number of nitrogens with zero attached hydrogens (tertiary/aromatic N) is 1. The lowest BCUT2D eigenvalue weighted by Crippen LogP contribution is -2.50. The molecule has 6 nitrogen and oxygen atoms in total. The highest BCUT2D eigenvalue weighted by Gasteiger charge is 2.22. The maximum Gasteiger partial charge on any atom is 0.321 e. The molecule has 0 aliphatic heterocycles. The van der Waals surface area contributed by atoms with Crippen LogP contribution in [0.25, 0.3) is 0 Å². The molecular formula is C20H31N3O3. The first-order valence-corrected chi connectivity index (χ1v) is 9.53. The number of carbonyl (C=O) groups is 2. The zero-order valence-electron chi connectivity index (χ0n) is 16.1. The molecule has 0 aromatic heterocycles. The number of likely N-dealkylation sites (N-methyl/N-ethyl adjacent to an activating group) is 1. The summed E-state index contributed by atoms with van der Waals surface area (Å²) >= 11 is 0. The van der Waals surface area contributed by atoms with Crippen LogP contribution in [0.1, 0.15) is 51.5 Å². The highest BCUT2D eigenvalue weighted by atomic mass is 16.5. The predicted octanol–water partition coefficient (Wildman–Crippen LogP) is 3.06. The molecule has 0 bridgehead atoms. The molecule has 0 heterocycles. The van der Waals surface area contributed by atoms with Crippen LogP contribution in [0.4, 0.5) is 4.79 Å². The van der Waals surface area contributed by atoms with Gasteiger partial charge in [0.05, 0.1) is 12.6 Å². The van der Waals surface area contributed by atoms with E-state index in [9.17, 15) is 9.59 Å². The number of nitrogens with one attached hydrogen (secondary N) is 2. The number of rotatable bonds is 7. The van der Waals surface area contributed by atoms with Crippen molar-refractivity contribution >= 4 is 11.9 Å². The number of hydrogen-bond acceptors (Lipinski definition) is 4. The molecule has 0 unspecified atom stereocenters. The van der Waals surface area contributed by atoms with Gasteiger partial charge in [-0.05, 0) is 51.4 Å². The minimum Gasteiger partial charge on any atom is -0.494 e. The molecule has 1 atom stereocenters. The van der Waals surface area contributed by atoms with Crippen molar-refractivity contribution in [2.75, 3.05) is 13.7 Å². The summed E-state index contributed by atoms with van der Waals surface area (Å²) in [5.74, 6) is 0.552. The average molecular weight is 361 g/mol. The van der Waals surface area contributed by atoms with Crippen molar-refractivity contribution in [1.29, 1.82) is 0 Å². The van der Waals surface area contributed by atoms with Crippen LogP contribution in [-0.2, 0) is 11.3 Å². The maximum absolute atomic E-state index is 12.3. The second kappa shape index (κ2) is 10.2. The van der Waals surface area contributed by atoms with Crippen molar-refractivity contribution in [3.8, 4) is 5.75 Å². The number of urea groups is 1. The number of benzene rings is 1. The molecule has 0 spiro atoms. The summed E-state index contributed by atoms with van der Waals surface area (Å²) in [7, 11) is 1.87. The standard InChI is InChI=1S/C20H31N3O3/c1-4-26-18-12-10-16(11-13-18)14-23(3)15(2)19(24)22-20(25)21-17-8-6-5-7-9-17/h10-13,15,17H,4-9,14H2,1-3H3,(H2,21,22,24,25)/t15-/m1/s1. The van der Waals surface area contributed by atoms with Gasteiger partial charge in [0.1, 0.15) is 5.75 Å². The first-order chi connectivity index (χ1) is 12.5. The zero-order valence-corrected chi connectivity index (χ0v) is 16.1. The Labute approximate surface area is 156 Å². The smallest absolute Gasteiger partial charge is 0.321 e. The Morgan fingerprint density at radius 3 is 2.46 bits per heavy atom. The lowest BCUT2D eigenvalue weighted by molar-refractivity contribution is -0.124. The molecule has 0 saturated heterocycles. The molecule has 144 valence electrons. The predicted molar refractivity (Wildman–Crippen MR) is 102 cm³/mol. The molecule has 2 N–H and O–H groups in total. The van der Waals surface area contributed by atoms with Crippen LogP contribution in [0.3, 0.4) is 0 Å². The SMILES string of the molecule is CCOc1ccc(CN(C)[C@H](C)C(=O)NC(=O)NC2CCCCC2)cc1. The number of hydrogen-bond donors (Lipinski definition) is 2. The fourth-order valence-corrected chi connectivity index (χ4v) is 3.17. The van der Waals surface area contributed by atoms with E-state index in [-0.39, 0.29) is 18.0 Å². The quantitative estimate of drug-likeness (QED) is 0.783. The van der Waals surface area contributed by atoms with E-state index in [0.29, 0.717) is 13.2 Å². The van der Waals surface area contributed by atoms with Crippen LogP contribution in [-0.4, -0.2) is 42.6 Å². The molecule has 1 saturated carbocycles. The van der Waals surface area contributed by atoms with Gasteiger partial charge >= 0.3 is 6.03 Å². The summed E-state index contributed by atoms with van der Waals surface area (Å²) in [4.78, 5) is 26.3. The van der Waals surface area contributed by atoms with Crippen LogP contribution in [0, 0.1) is 0 Å². The van der Waals surface area contributed by atoms with Crippen molar-refractivity contribution in [1.82, 2.24) is 15.5 Å². The third kappa shape index (κ3) is 6.33. The lowest BCUT2D eigenvalue weighted by Gasteiger charge is -2.25. The molecule has 0 radical (unpaired) electrons. The van der Waals surface area contributed by atoms with Gasteiger partial charge in [-0.3, -0.25) is 15.0 Å². The van der Waals surface area contributed by atoms with Gasteiger partial charge in [-0.15, -0.1) is 0 Å². The number of ether oxygens (including phenoxy) is 1. The molecule has 6 heteroatoms. The molecule has 1 aliphatic carbocycles. The second-order valence-corrected chi connectivity index (χ2v) is 6.97. The molecule has 1 aromatic rings. The minimum absolute atomic E-state index is 0.188. The summed E-state index contributed by atoms with van der Waals surface area (Å²) in [6.45, 7) is 5.01. The summed E-state index contributed by atoms with van der Waals surface area (Å²) in [6, 6.07) is 7.23. The van der Waals surface area contributed by atoms with Gasteiger partial charge < -0.3 is 10.1 Å². The van der Waals surface area contributed by atoms with Gasteiger partial charge in [-0.25, -0.2) is 4.79 Å². The van der Waals surface area contributed by atoms with Gasteiger partial charge in [0.15, 0.2) is 0 Å². The van der Waals surface area contributed by atoms with Crippen LogP contribution >= 0.6 is 0 Å². The van der Waals surface area contributed by atoms with E-state index in [1.165, 1.54) is 6.42 Å². The molecule has 1 fully saturated rings. The Balaban J connectivity index is 1.79. The van der Waals surface area contributed by atoms with Crippen molar-refractivity contribution in [3.05, 3.63) is 29.8 Å². The number of imide groups is 1. The minimum atomic E-state index is -0.404. The summed E-state index contributed by atoms with van der Waals surface area (Å²) in [6.07, 6.45) is 5.50. The highest BCUT2D eigenvalue weighted by Crippen LogP contribution is 2.17. The van der Waals surface area contributed by atoms with Crippen LogP contribution < -0.4 is 15.4 Å². The molecule has 26 heavy (non-hydrogen) atoms. The maximum atomic E-state index is 12.3. The normalized spacial score (nSPS) is 16.2. The van der Waals surface area contributed by atoms with Crippen LogP contribution in [0.5, 0.6) is 5.75 Å². The van der Waals surface area contributed by atoms with Crippen LogP contribution in [0.2, 0.25) is 0 Å². The van der Waals surface area contributed by atoms with E-state index in [4.69, 9.17) is 4.74 Å². The monoisotopic (exact) mass is 361 g/mol. The van der Waals surface area contributed by atoms with E-state index < -0.39 is 6.04 Å². The largest absolute Gasteiger partial charge is 0.494 e. The third-order valence-corrected chi connectivity index (χ3v) is 4.88. The molecule has 1 aliphatic rings. The fourth-order valence-electron chi connectivity index (χ4n) is 3.17. The van der Waals surface area contributed by atoms with Gasteiger partial charge in [0, 0.05) is 12.6 Å². The van der Waals surface area contributed by atoms with Crippen LogP contribution in [0.15, 0.2) is 24.3 Å². The van der Waals surface area contributed by atoms with E-state index in [2.05, 4.69) is 10.6 Å². The molecule has 3 amide bonds. The van der Waals surface area contributed by atoms with E-state index >= 15 is 0 Å². The Morgan fingerprint density at radius 2 is 1.85 bits per heavy atom. The van der Waals surface area contributed by atoms with E-state index in [1.807, 2.05) is 43.1 Å². The molecule has 2 rings (SSSR count). The van der Waals surface area contributed by atoms with Gasteiger partial charge in [0.2, 0.25) is 5.91 Å². The summed E-state index contributed by atoms with van der Waals surface area (Å²) < 4.78 is 5.44. The molecule has 1 aromatic carbocycles. The Bertz CT molecular complexity index is 582. The van der Waals surface area contributed by atoms with Crippen molar-refractivity contribution < 1.29 is 14.3 Å². The van der Waals surface area contributed by atoms with Crippen molar-refractivity contribution in [3.63, 3.8) is 0 Å². The number of carbonyl (C=O) groups excluding carboxylic acids is 2. The first kappa shape index (κ1) is 20.2. The Hall–Kier alpha value is -2.08. The van der Waals surface area contributed by atoms with Gasteiger partial charge in [-0.2, -0.15) is 0 Å². The number of amides is 3. The van der Waals surface area contributed by atoms with Gasteiger partial charge in [0.25, 0.3) is 0 Å². The van der Waals surface area contributed by atoms with Gasteiger partial charge in [-0.1, -0.05) is 31.4 Å². The fraction of sp³-hybridized carbons (Fsp3) is 0.600. The van der Waals surface area contributed by atoms with E-state index in [1.54, 1.807) is 6.92 Å². The Kier molecular flexibility index (Phi) is 7.91. The zero-order chi connectivity index (χ0) is 18.9. The first-order valence-electron chi connectivity index (χ1n) is 9.53.